The second-order valence-corrected chi connectivity index (χ2v) is 8.50. The van der Waals surface area contributed by atoms with Gasteiger partial charge in [-0.3, -0.25) is 9.52 Å². The van der Waals surface area contributed by atoms with Crippen LogP contribution in [0.25, 0.3) is 0 Å². The van der Waals surface area contributed by atoms with Gasteiger partial charge in [-0.2, -0.15) is 0 Å². The molecule has 26 heavy (non-hydrogen) atoms. The SMILES string of the molecule is Cc1cc(F)ccc1S(=O)(=O)Nc1ccc2c(c1)OCC(C)(C)C(=O)N2. The number of ether oxygens (including phenoxy) is 1. The molecule has 2 N–H and O–H groups in total. The van der Waals surface area contributed by atoms with Gasteiger partial charge in [0.05, 0.1) is 21.7 Å². The maximum Gasteiger partial charge on any atom is 0.262 e. The zero-order valence-electron chi connectivity index (χ0n) is 14.6. The summed E-state index contributed by atoms with van der Waals surface area (Å²) in [4.78, 5) is 12.1. The van der Waals surface area contributed by atoms with Crippen LogP contribution in [0.2, 0.25) is 0 Å². The van der Waals surface area contributed by atoms with Crippen LogP contribution in [0.1, 0.15) is 19.4 Å². The number of fused-ring (bicyclic) bond motifs is 1. The first kappa shape index (κ1) is 18.2. The number of nitrogens with one attached hydrogen (secondary N) is 2. The van der Waals surface area contributed by atoms with E-state index in [4.69, 9.17) is 4.74 Å². The number of carbonyl (C=O) groups excluding carboxylic acids is 1. The average molecular weight is 378 g/mol. The molecule has 0 radical (unpaired) electrons. The number of aryl methyl sites for hydroxylation is 1. The second-order valence-electron chi connectivity index (χ2n) is 6.85. The van der Waals surface area contributed by atoms with Crippen LogP contribution < -0.4 is 14.8 Å². The van der Waals surface area contributed by atoms with Gasteiger partial charge in [-0.1, -0.05) is 0 Å². The summed E-state index contributed by atoms with van der Waals surface area (Å²) in [7, 11) is -3.89. The van der Waals surface area contributed by atoms with Crippen molar-refractivity contribution in [1.29, 1.82) is 0 Å². The van der Waals surface area contributed by atoms with E-state index in [9.17, 15) is 17.6 Å². The van der Waals surface area contributed by atoms with Gasteiger partial charge in [0.15, 0.2) is 0 Å². The van der Waals surface area contributed by atoms with Crippen molar-refractivity contribution in [2.24, 2.45) is 5.41 Å². The Bertz CT molecular complexity index is 987. The maximum atomic E-state index is 13.2. The molecule has 1 aliphatic heterocycles. The van der Waals surface area contributed by atoms with Crippen molar-refractivity contribution < 1.29 is 22.3 Å². The van der Waals surface area contributed by atoms with E-state index in [0.29, 0.717) is 17.0 Å². The molecule has 138 valence electrons. The zero-order chi connectivity index (χ0) is 19.1. The summed E-state index contributed by atoms with van der Waals surface area (Å²) in [6.45, 7) is 5.21. The van der Waals surface area contributed by atoms with Crippen molar-refractivity contribution in [2.45, 2.75) is 25.7 Å². The molecule has 0 fully saturated rings. The Morgan fingerprint density at radius 1 is 1.19 bits per heavy atom. The topological polar surface area (TPSA) is 84.5 Å². The van der Waals surface area contributed by atoms with Gasteiger partial charge in [-0.05, 0) is 56.7 Å². The van der Waals surface area contributed by atoms with Crippen molar-refractivity contribution in [1.82, 2.24) is 0 Å². The van der Waals surface area contributed by atoms with Crippen LogP contribution in [0.15, 0.2) is 41.3 Å². The fraction of sp³-hybridized carbons (Fsp3) is 0.278. The minimum Gasteiger partial charge on any atom is -0.490 e. The van der Waals surface area contributed by atoms with Gasteiger partial charge >= 0.3 is 0 Å². The third kappa shape index (κ3) is 3.50. The van der Waals surface area contributed by atoms with Gasteiger partial charge in [0.25, 0.3) is 10.0 Å². The summed E-state index contributed by atoms with van der Waals surface area (Å²) in [5.74, 6) is -0.301. The molecule has 0 spiro atoms. The molecule has 3 rings (SSSR count). The van der Waals surface area contributed by atoms with E-state index < -0.39 is 21.3 Å². The number of hydrogen-bond acceptors (Lipinski definition) is 4. The van der Waals surface area contributed by atoms with Gasteiger partial charge in [0.1, 0.15) is 18.2 Å². The molecule has 0 aliphatic carbocycles. The molecule has 0 bridgehead atoms. The summed E-state index contributed by atoms with van der Waals surface area (Å²) in [6.07, 6.45) is 0. The van der Waals surface area contributed by atoms with Crippen molar-refractivity contribution in [2.75, 3.05) is 16.6 Å². The van der Waals surface area contributed by atoms with Crippen LogP contribution in [0.3, 0.4) is 0 Å². The third-order valence-electron chi connectivity index (χ3n) is 4.11. The molecule has 0 unspecified atom stereocenters. The second kappa shape index (κ2) is 6.28. The first-order valence-electron chi connectivity index (χ1n) is 7.96. The zero-order valence-corrected chi connectivity index (χ0v) is 15.4. The predicted octanol–water partition coefficient (Wildman–Crippen LogP) is 3.29. The lowest BCUT2D eigenvalue weighted by atomic mass is 9.94. The number of anilines is 2. The molecule has 0 aromatic heterocycles. The van der Waals surface area contributed by atoms with E-state index in [1.54, 1.807) is 19.9 Å². The summed E-state index contributed by atoms with van der Waals surface area (Å²) in [5.41, 5.74) is 0.352. The lowest BCUT2D eigenvalue weighted by Crippen LogP contribution is -2.33. The lowest BCUT2D eigenvalue weighted by molar-refractivity contribution is -0.124. The fourth-order valence-corrected chi connectivity index (χ4v) is 3.83. The molecular weight excluding hydrogens is 359 g/mol. The standard InChI is InChI=1S/C18H19FN2O4S/c1-11-8-12(19)4-7-16(11)26(23,24)21-13-5-6-14-15(9-13)25-10-18(2,3)17(22)20-14/h4-9,21H,10H2,1-3H3,(H,20,22). The van der Waals surface area contributed by atoms with E-state index in [0.717, 1.165) is 12.1 Å². The Morgan fingerprint density at radius 2 is 1.92 bits per heavy atom. The van der Waals surface area contributed by atoms with Gasteiger partial charge < -0.3 is 10.1 Å². The molecule has 1 amide bonds. The predicted molar refractivity (Wildman–Crippen MR) is 96.3 cm³/mol. The van der Waals surface area contributed by atoms with Crippen LogP contribution >= 0.6 is 0 Å². The highest BCUT2D eigenvalue weighted by molar-refractivity contribution is 7.92. The lowest BCUT2D eigenvalue weighted by Gasteiger charge is -2.18. The minimum absolute atomic E-state index is 0.0100. The Balaban J connectivity index is 1.90. The molecule has 2 aromatic carbocycles. The van der Waals surface area contributed by atoms with E-state index in [2.05, 4.69) is 10.0 Å². The Labute approximate surface area is 151 Å². The van der Waals surface area contributed by atoms with Crippen molar-refractivity contribution in [3.63, 3.8) is 0 Å². The molecular formula is C18H19FN2O4S. The maximum absolute atomic E-state index is 13.2. The summed E-state index contributed by atoms with van der Waals surface area (Å²) in [6, 6.07) is 8.08. The van der Waals surface area contributed by atoms with Crippen molar-refractivity contribution in [3.8, 4) is 5.75 Å². The highest BCUT2D eigenvalue weighted by Crippen LogP contribution is 2.34. The molecule has 1 aliphatic rings. The molecule has 0 saturated carbocycles. The van der Waals surface area contributed by atoms with Gasteiger partial charge in [0, 0.05) is 6.07 Å². The highest BCUT2D eigenvalue weighted by atomic mass is 32.2. The number of carbonyl (C=O) groups is 1. The van der Waals surface area contributed by atoms with Crippen LogP contribution in [-0.4, -0.2) is 20.9 Å². The van der Waals surface area contributed by atoms with Gasteiger partial charge in [0.2, 0.25) is 5.91 Å². The fourth-order valence-electron chi connectivity index (χ4n) is 2.55. The Hall–Kier alpha value is -2.61. The summed E-state index contributed by atoms with van der Waals surface area (Å²) >= 11 is 0. The van der Waals surface area contributed by atoms with Gasteiger partial charge in [-0.15, -0.1) is 0 Å². The normalized spacial score (nSPS) is 16.1. The van der Waals surface area contributed by atoms with Crippen LogP contribution in [-0.2, 0) is 14.8 Å². The monoisotopic (exact) mass is 378 g/mol. The first-order valence-corrected chi connectivity index (χ1v) is 9.44. The number of benzene rings is 2. The molecule has 6 nitrogen and oxygen atoms in total. The Kier molecular flexibility index (Phi) is 4.39. The van der Waals surface area contributed by atoms with Crippen LogP contribution in [0, 0.1) is 18.2 Å². The smallest absolute Gasteiger partial charge is 0.262 e. The Morgan fingerprint density at radius 3 is 2.62 bits per heavy atom. The first-order chi connectivity index (χ1) is 12.1. The number of rotatable bonds is 3. The van der Waals surface area contributed by atoms with E-state index in [1.807, 2.05) is 0 Å². The van der Waals surface area contributed by atoms with Crippen molar-refractivity contribution >= 4 is 27.3 Å². The average Bonchev–Trinajstić information content (AvgIpc) is 2.64. The third-order valence-corrected chi connectivity index (χ3v) is 5.65. The number of sulfonamides is 1. The summed E-state index contributed by atoms with van der Waals surface area (Å²) in [5, 5.41) is 2.77. The molecule has 0 saturated heterocycles. The molecule has 8 heteroatoms. The van der Waals surface area contributed by atoms with Gasteiger partial charge in [-0.25, -0.2) is 12.8 Å². The van der Waals surface area contributed by atoms with Crippen LogP contribution in [0.4, 0.5) is 15.8 Å². The van der Waals surface area contributed by atoms with Crippen LogP contribution in [0.5, 0.6) is 5.75 Å². The van der Waals surface area contributed by atoms with Crippen molar-refractivity contribution in [3.05, 3.63) is 47.8 Å². The molecule has 0 atom stereocenters. The largest absolute Gasteiger partial charge is 0.490 e. The molecule has 1 heterocycles. The van der Waals surface area contributed by atoms with E-state index in [1.165, 1.54) is 25.1 Å². The summed E-state index contributed by atoms with van der Waals surface area (Å²) < 4.78 is 46.5. The highest BCUT2D eigenvalue weighted by Gasteiger charge is 2.32. The minimum atomic E-state index is -3.89. The number of hydrogen-bond donors (Lipinski definition) is 2. The number of halogens is 1. The van der Waals surface area contributed by atoms with E-state index >= 15 is 0 Å². The molecule has 2 aromatic rings. The number of amides is 1. The van der Waals surface area contributed by atoms with E-state index in [-0.39, 0.29) is 23.1 Å². The quantitative estimate of drug-likeness (QED) is 0.858.